The van der Waals surface area contributed by atoms with Crippen LogP contribution in [0.1, 0.15) is 76.5 Å². The predicted octanol–water partition coefficient (Wildman–Crippen LogP) is 5.39. The second kappa shape index (κ2) is 22.7. The normalized spacial score (nSPS) is 8.67. The number of halogens is 3. The number of Topliss-reactive ketones (excluding diaryl/α,β-unsaturated/α-hetero) is 1. The summed E-state index contributed by atoms with van der Waals surface area (Å²) in [6.45, 7) is 1.48. The van der Waals surface area contributed by atoms with Crippen molar-refractivity contribution in [3.8, 4) is 0 Å². The van der Waals surface area contributed by atoms with E-state index < -0.39 is 27.7 Å². The molecule has 3 N–H and O–H groups in total. The highest BCUT2D eigenvalue weighted by Crippen LogP contribution is 2.09. The molecular weight excluding hydrogens is 615 g/mol. The smallest absolute Gasteiger partial charge is 0.337 e. The van der Waals surface area contributed by atoms with E-state index in [2.05, 4.69) is 9.47 Å². The first kappa shape index (κ1) is 42.5. The Balaban J connectivity index is -0.000000515. The van der Waals surface area contributed by atoms with E-state index in [4.69, 9.17) is 39.9 Å². The molecule has 0 aliphatic rings. The Morgan fingerprint density at radius 1 is 0.500 bits per heavy atom. The van der Waals surface area contributed by atoms with E-state index in [1.54, 1.807) is 24.3 Å². The third-order valence-corrected chi connectivity index (χ3v) is 5.24. The van der Waals surface area contributed by atoms with Crippen molar-refractivity contribution in [2.24, 2.45) is 0 Å². The molecule has 10 nitrogen and oxygen atoms in total. The van der Waals surface area contributed by atoms with Crippen LogP contribution in [0.5, 0.6) is 0 Å². The molecule has 0 spiro atoms. The minimum Gasteiger partial charge on any atom is -0.465 e. The number of ether oxygens (including phenoxy) is 2. The maximum absolute atomic E-state index is 11.0. The second-order valence-electron chi connectivity index (χ2n) is 7.09. The number of carbonyl (C=O) groups excluding carboxylic acids is 6. The number of hydrogen-bond donors (Lipinski definition) is 1. The zero-order valence-corrected chi connectivity index (χ0v) is 24.5. The van der Waals surface area contributed by atoms with E-state index in [9.17, 15) is 28.8 Å². The molecule has 3 rings (SSSR count). The minimum absolute atomic E-state index is 0. The Labute approximate surface area is 258 Å². The zero-order chi connectivity index (χ0) is 30.8. The molecular formula is C29H31Cl3O10. The first-order valence-corrected chi connectivity index (χ1v) is 12.1. The van der Waals surface area contributed by atoms with Crippen LogP contribution in [0.2, 0.25) is 0 Å². The molecule has 0 bridgehead atoms. The summed E-state index contributed by atoms with van der Waals surface area (Å²) in [5.41, 5.74) is 2.48. The first-order valence-electron chi connectivity index (χ1n) is 10.9. The van der Waals surface area contributed by atoms with Crippen molar-refractivity contribution in [3.05, 3.63) is 106 Å². The standard InChI is InChI=1S/C10H10O3.C9H7ClO3.C8H4Cl2O2.CH4O.CH4.H2O/c1-7(11)8-3-5-9(6-4-8)10(12)13-2;1-13-9(12)7-4-2-6(3-5-7)8(10)11;9-7(11)5-1-2-6(4-3-5)8(10)12;1-2;;/h3-6H,1-2H3;2-5H,1H3;1-4H;2H,1H3;1H4;1H2. The Hall–Kier alpha value is -3.93. The third kappa shape index (κ3) is 15.2. The summed E-state index contributed by atoms with van der Waals surface area (Å²) < 4.78 is 8.99. The Morgan fingerprint density at radius 3 is 0.857 bits per heavy atom. The van der Waals surface area contributed by atoms with Crippen molar-refractivity contribution in [3.63, 3.8) is 0 Å². The van der Waals surface area contributed by atoms with Crippen LogP contribution >= 0.6 is 34.8 Å². The molecule has 0 aromatic heterocycles. The lowest BCUT2D eigenvalue weighted by atomic mass is 10.1. The Kier molecular flexibility index (Phi) is 23.0. The van der Waals surface area contributed by atoms with E-state index in [0.29, 0.717) is 33.4 Å². The van der Waals surface area contributed by atoms with Crippen molar-refractivity contribution < 1.29 is 48.8 Å². The number of methoxy groups -OCH3 is 2. The number of rotatable bonds is 6. The molecule has 0 unspecified atom stereocenters. The molecule has 13 heteroatoms. The Morgan fingerprint density at radius 2 is 0.690 bits per heavy atom. The molecule has 0 radical (unpaired) electrons. The van der Waals surface area contributed by atoms with Gasteiger partial charge in [0, 0.05) is 29.4 Å². The molecule has 3 aromatic rings. The summed E-state index contributed by atoms with van der Waals surface area (Å²) >= 11 is 15.6. The lowest BCUT2D eigenvalue weighted by Gasteiger charge is -1.99. The summed E-state index contributed by atoms with van der Waals surface area (Å²) in [6, 6.07) is 18.1. The van der Waals surface area contributed by atoms with Gasteiger partial charge in [-0.25, -0.2) is 9.59 Å². The second-order valence-corrected chi connectivity index (χ2v) is 8.12. The van der Waals surface area contributed by atoms with Gasteiger partial charge >= 0.3 is 11.9 Å². The predicted molar refractivity (Wildman–Crippen MR) is 161 cm³/mol. The van der Waals surface area contributed by atoms with Gasteiger partial charge in [-0.15, -0.1) is 0 Å². The SMILES string of the molecule is C.CO.COC(=O)c1ccc(C(=O)Cl)cc1.COC(=O)c1ccc(C(C)=O)cc1.O.O=C(Cl)c1ccc(C(=O)Cl)cc1. The van der Waals surface area contributed by atoms with E-state index in [1.165, 1.54) is 69.7 Å². The molecule has 228 valence electrons. The van der Waals surface area contributed by atoms with Gasteiger partial charge in [0.05, 0.1) is 25.3 Å². The number of hydrogen-bond acceptors (Lipinski definition) is 9. The molecule has 0 fully saturated rings. The quantitative estimate of drug-likeness (QED) is 0.209. The fraction of sp³-hybridized carbons (Fsp3) is 0.172. The van der Waals surface area contributed by atoms with Gasteiger partial charge in [0.15, 0.2) is 5.78 Å². The van der Waals surface area contributed by atoms with Crippen LogP contribution in [0.4, 0.5) is 0 Å². The van der Waals surface area contributed by atoms with Crippen LogP contribution < -0.4 is 0 Å². The maximum atomic E-state index is 11.0. The number of carbonyl (C=O) groups is 6. The summed E-state index contributed by atoms with van der Waals surface area (Å²) in [7, 11) is 3.62. The summed E-state index contributed by atoms with van der Waals surface area (Å²) in [5.74, 6) is -0.847. The van der Waals surface area contributed by atoms with Gasteiger partial charge in [0.2, 0.25) is 0 Å². The summed E-state index contributed by atoms with van der Waals surface area (Å²) in [5, 5.41) is 5.35. The summed E-state index contributed by atoms with van der Waals surface area (Å²) in [6.07, 6.45) is 0. The lowest BCUT2D eigenvalue weighted by Crippen LogP contribution is -2.01. The maximum Gasteiger partial charge on any atom is 0.337 e. The molecule has 42 heavy (non-hydrogen) atoms. The van der Waals surface area contributed by atoms with Crippen molar-refractivity contribution in [2.75, 3.05) is 21.3 Å². The number of esters is 2. The number of benzene rings is 3. The monoisotopic (exact) mass is 644 g/mol. The molecule has 0 aliphatic heterocycles. The van der Waals surface area contributed by atoms with Gasteiger partial charge in [-0.05, 0) is 102 Å². The molecule has 0 aliphatic carbocycles. The van der Waals surface area contributed by atoms with Crippen LogP contribution in [-0.2, 0) is 9.47 Å². The van der Waals surface area contributed by atoms with Crippen molar-refractivity contribution in [1.29, 1.82) is 0 Å². The van der Waals surface area contributed by atoms with Gasteiger partial charge in [-0.1, -0.05) is 19.6 Å². The fourth-order valence-electron chi connectivity index (χ4n) is 2.55. The number of aliphatic hydroxyl groups is 1. The highest BCUT2D eigenvalue weighted by molar-refractivity contribution is 6.68. The van der Waals surface area contributed by atoms with Crippen LogP contribution in [0.15, 0.2) is 72.8 Å². The average molecular weight is 646 g/mol. The molecule has 0 heterocycles. The zero-order valence-electron chi connectivity index (χ0n) is 22.3. The number of aliphatic hydroxyl groups excluding tert-OH is 1. The van der Waals surface area contributed by atoms with Crippen molar-refractivity contribution in [1.82, 2.24) is 0 Å². The van der Waals surface area contributed by atoms with Gasteiger partial charge in [-0.3, -0.25) is 19.2 Å². The highest BCUT2D eigenvalue weighted by Gasteiger charge is 2.07. The van der Waals surface area contributed by atoms with Crippen LogP contribution in [-0.4, -0.2) is 65.4 Å². The topological polar surface area (TPSA) is 173 Å². The lowest BCUT2D eigenvalue weighted by molar-refractivity contribution is 0.0592. The van der Waals surface area contributed by atoms with E-state index in [0.717, 1.165) is 7.11 Å². The fourth-order valence-corrected chi connectivity index (χ4v) is 2.92. The Bertz CT molecular complexity index is 1200. The number of ketones is 1. The summed E-state index contributed by atoms with van der Waals surface area (Å²) in [4.78, 5) is 64.6. The third-order valence-electron chi connectivity index (χ3n) is 4.58. The van der Waals surface area contributed by atoms with Crippen molar-refractivity contribution >= 4 is 68.3 Å². The van der Waals surface area contributed by atoms with Gasteiger partial charge < -0.3 is 20.1 Å². The van der Waals surface area contributed by atoms with Gasteiger partial charge in [-0.2, -0.15) is 0 Å². The van der Waals surface area contributed by atoms with E-state index >= 15 is 0 Å². The van der Waals surface area contributed by atoms with Crippen LogP contribution in [0.25, 0.3) is 0 Å². The van der Waals surface area contributed by atoms with Crippen molar-refractivity contribution in [2.45, 2.75) is 14.4 Å². The highest BCUT2D eigenvalue weighted by atomic mass is 35.5. The average Bonchev–Trinajstić information content (AvgIpc) is 2.98. The van der Waals surface area contributed by atoms with E-state index in [-0.39, 0.29) is 18.7 Å². The molecule has 0 amide bonds. The van der Waals surface area contributed by atoms with Crippen LogP contribution in [0, 0.1) is 0 Å². The first-order chi connectivity index (χ1) is 18.9. The van der Waals surface area contributed by atoms with Gasteiger partial charge in [0.25, 0.3) is 15.7 Å². The minimum atomic E-state index is -0.552. The molecule has 0 atom stereocenters. The molecule has 0 saturated carbocycles. The van der Waals surface area contributed by atoms with Crippen LogP contribution in [0.3, 0.4) is 0 Å². The molecule has 3 aromatic carbocycles. The van der Waals surface area contributed by atoms with E-state index in [1.807, 2.05) is 0 Å². The largest absolute Gasteiger partial charge is 0.465 e. The van der Waals surface area contributed by atoms with Gasteiger partial charge in [0.1, 0.15) is 0 Å². The molecule has 0 saturated heterocycles.